The summed E-state index contributed by atoms with van der Waals surface area (Å²) in [4.78, 5) is 9.13. The lowest BCUT2D eigenvalue weighted by Crippen LogP contribution is -2.47. The molecular formula is C14H24N4O. The summed E-state index contributed by atoms with van der Waals surface area (Å²) in [7, 11) is 0. The maximum Gasteiger partial charge on any atom is 0.151 e. The first-order valence-corrected chi connectivity index (χ1v) is 7.07. The van der Waals surface area contributed by atoms with Crippen LogP contribution < -0.4 is 10.6 Å². The highest BCUT2D eigenvalue weighted by Gasteiger charge is 2.18. The minimum Gasteiger partial charge on any atom is -0.396 e. The van der Waals surface area contributed by atoms with E-state index in [0.717, 1.165) is 63.9 Å². The van der Waals surface area contributed by atoms with E-state index in [1.807, 2.05) is 19.1 Å². The topological polar surface area (TPSA) is 54.6 Å². The van der Waals surface area contributed by atoms with Crippen molar-refractivity contribution in [2.24, 2.45) is 0 Å². The normalized spacial score (nSPS) is 16.8. The second-order valence-corrected chi connectivity index (χ2v) is 4.80. The van der Waals surface area contributed by atoms with Crippen molar-refractivity contribution in [3.63, 3.8) is 0 Å². The summed E-state index contributed by atoms with van der Waals surface area (Å²) in [5.74, 6) is 0.927. The number of hydrogen-bond donors (Lipinski definition) is 1. The van der Waals surface area contributed by atoms with Gasteiger partial charge in [-0.15, -0.1) is 0 Å². The molecule has 0 saturated carbocycles. The first kappa shape index (κ1) is 14.1. The largest absolute Gasteiger partial charge is 0.396 e. The predicted octanol–water partition coefficient (Wildman–Crippen LogP) is 1.21. The molecule has 0 spiro atoms. The van der Waals surface area contributed by atoms with Crippen molar-refractivity contribution in [1.82, 2.24) is 9.88 Å². The van der Waals surface area contributed by atoms with Crippen LogP contribution in [-0.4, -0.2) is 55.8 Å². The fourth-order valence-electron chi connectivity index (χ4n) is 2.39. The van der Waals surface area contributed by atoms with Crippen LogP contribution in [0, 0.1) is 0 Å². The molecule has 2 N–H and O–H groups in total. The molecule has 0 atom stereocenters. The van der Waals surface area contributed by atoms with Crippen LogP contribution in [0.1, 0.15) is 13.3 Å². The molecule has 0 bridgehead atoms. The number of ether oxygens (including phenoxy) is 1. The Morgan fingerprint density at radius 2 is 2.11 bits per heavy atom. The average Bonchev–Trinajstić information content (AvgIpc) is 2.45. The van der Waals surface area contributed by atoms with E-state index >= 15 is 0 Å². The van der Waals surface area contributed by atoms with Gasteiger partial charge >= 0.3 is 0 Å². The summed E-state index contributed by atoms with van der Waals surface area (Å²) in [5, 5.41) is 0. The molecule has 19 heavy (non-hydrogen) atoms. The van der Waals surface area contributed by atoms with Gasteiger partial charge in [0.25, 0.3) is 0 Å². The van der Waals surface area contributed by atoms with Gasteiger partial charge in [0, 0.05) is 52.1 Å². The van der Waals surface area contributed by atoms with Crippen molar-refractivity contribution in [2.45, 2.75) is 13.3 Å². The third-order valence-corrected chi connectivity index (χ3v) is 3.46. The molecule has 0 aliphatic carbocycles. The fourth-order valence-corrected chi connectivity index (χ4v) is 2.39. The molecule has 1 fully saturated rings. The fraction of sp³-hybridized carbons (Fsp3) is 0.643. The van der Waals surface area contributed by atoms with Gasteiger partial charge < -0.3 is 15.4 Å². The van der Waals surface area contributed by atoms with Crippen molar-refractivity contribution >= 4 is 11.5 Å². The summed E-state index contributed by atoms with van der Waals surface area (Å²) in [5.41, 5.74) is 6.74. The highest BCUT2D eigenvalue weighted by molar-refractivity contribution is 5.62. The van der Waals surface area contributed by atoms with Crippen molar-refractivity contribution in [1.29, 1.82) is 0 Å². The van der Waals surface area contributed by atoms with Crippen LogP contribution in [0.5, 0.6) is 0 Å². The van der Waals surface area contributed by atoms with Gasteiger partial charge in [0.2, 0.25) is 0 Å². The minimum atomic E-state index is 0.771. The monoisotopic (exact) mass is 264 g/mol. The lowest BCUT2D eigenvalue weighted by Gasteiger charge is -2.35. The maximum atomic E-state index is 5.97. The Morgan fingerprint density at radius 1 is 1.32 bits per heavy atom. The van der Waals surface area contributed by atoms with Crippen molar-refractivity contribution in [3.8, 4) is 0 Å². The van der Waals surface area contributed by atoms with Gasteiger partial charge in [0.05, 0.1) is 5.69 Å². The summed E-state index contributed by atoms with van der Waals surface area (Å²) in [6.45, 7) is 8.97. The molecule has 106 valence electrons. The highest BCUT2D eigenvalue weighted by Crippen LogP contribution is 2.20. The maximum absolute atomic E-state index is 5.97. The first-order valence-electron chi connectivity index (χ1n) is 7.07. The van der Waals surface area contributed by atoms with Gasteiger partial charge in [-0.3, -0.25) is 4.90 Å². The average molecular weight is 264 g/mol. The highest BCUT2D eigenvalue weighted by atomic mass is 16.5. The number of anilines is 2. The Balaban J connectivity index is 1.75. The smallest absolute Gasteiger partial charge is 0.151 e. The number of nitrogens with two attached hydrogens (primary N) is 1. The number of pyridine rings is 1. The van der Waals surface area contributed by atoms with Gasteiger partial charge in [0.15, 0.2) is 5.82 Å². The van der Waals surface area contributed by atoms with Gasteiger partial charge in [-0.25, -0.2) is 4.98 Å². The van der Waals surface area contributed by atoms with Crippen molar-refractivity contribution in [2.75, 3.05) is 56.6 Å². The summed E-state index contributed by atoms with van der Waals surface area (Å²) < 4.78 is 5.37. The van der Waals surface area contributed by atoms with Crippen LogP contribution in [-0.2, 0) is 4.74 Å². The van der Waals surface area contributed by atoms with Crippen LogP contribution in [0.25, 0.3) is 0 Å². The van der Waals surface area contributed by atoms with Gasteiger partial charge in [-0.05, 0) is 25.5 Å². The zero-order chi connectivity index (χ0) is 13.5. The molecule has 5 heteroatoms. The van der Waals surface area contributed by atoms with Crippen LogP contribution in [0.15, 0.2) is 18.3 Å². The molecule has 0 amide bonds. The molecule has 0 radical (unpaired) electrons. The molecular weight excluding hydrogens is 240 g/mol. The van der Waals surface area contributed by atoms with E-state index in [-0.39, 0.29) is 0 Å². The van der Waals surface area contributed by atoms with Gasteiger partial charge in [-0.1, -0.05) is 0 Å². The summed E-state index contributed by atoms with van der Waals surface area (Å²) >= 11 is 0. The first-order chi connectivity index (χ1) is 9.31. The number of hydrogen-bond acceptors (Lipinski definition) is 5. The van der Waals surface area contributed by atoms with E-state index in [2.05, 4.69) is 14.8 Å². The van der Waals surface area contributed by atoms with E-state index in [9.17, 15) is 0 Å². The minimum absolute atomic E-state index is 0.771. The molecule has 0 aromatic carbocycles. The number of rotatable bonds is 6. The molecule has 0 unspecified atom stereocenters. The standard InChI is InChI=1S/C14H24N4O/c1-2-19-12-4-7-17-8-10-18(11-9-17)14-13(15)5-3-6-16-14/h3,5-6H,2,4,7-12,15H2,1H3. The Hall–Kier alpha value is -1.33. The number of nitrogens with zero attached hydrogens (tertiary/aromatic N) is 3. The summed E-state index contributed by atoms with van der Waals surface area (Å²) in [6.07, 6.45) is 2.92. The third kappa shape index (κ3) is 4.08. The number of nitrogen functional groups attached to an aromatic ring is 1. The SMILES string of the molecule is CCOCCCN1CCN(c2ncccc2N)CC1. The molecule has 1 aromatic rings. The quantitative estimate of drug-likeness (QED) is 0.783. The second-order valence-electron chi connectivity index (χ2n) is 4.80. The van der Waals surface area contributed by atoms with E-state index in [0.29, 0.717) is 0 Å². The molecule has 1 aliphatic heterocycles. The molecule has 1 aromatic heterocycles. The van der Waals surface area contributed by atoms with Crippen LogP contribution in [0.2, 0.25) is 0 Å². The van der Waals surface area contributed by atoms with Crippen LogP contribution >= 0.6 is 0 Å². The molecule has 5 nitrogen and oxygen atoms in total. The Kier molecular flexibility index (Phi) is 5.42. The Labute approximate surface area is 115 Å². The van der Waals surface area contributed by atoms with E-state index in [1.54, 1.807) is 6.20 Å². The molecule has 2 heterocycles. The Bertz CT molecular complexity index is 377. The van der Waals surface area contributed by atoms with Gasteiger partial charge in [0.1, 0.15) is 0 Å². The lowest BCUT2D eigenvalue weighted by atomic mass is 10.2. The van der Waals surface area contributed by atoms with Crippen LogP contribution in [0.3, 0.4) is 0 Å². The van der Waals surface area contributed by atoms with E-state index < -0.39 is 0 Å². The number of aromatic nitrogens is 1. The van der Waals surface area contributed by atoms with Gasteiger partial charge in [-0.2, -0.15) is 0 Å². The van der Waals surface area contributed by atoms with E-state index in [1.165, 1.54) is 0 Å². The molecule has 1 saturated heterocycles. The van der Waals surface area contributed by atoms with Crippen molar-refractivity contribution in [3.05, 3.63) is 18.3 Å². The Morgan fingerprint density at radius 3 is 2.79 bits per heavy atom. The lowest BCUT2D eigenvalue weighted by molar-refractivity contribution is 0.130. The number of piperazine rings is 1. The summed E-state index contributed by atoms with van der Waals surface area (Å²) in [6, 6.07) is 3.79. The second kappa shape index (κ2) is 7.31. The van der Waals surface area contributed by atoms with E-state index in [4.69, 9.17) is 10.5 Å². The van der Waals surface area contributed by atoms with Crippen LogP contribution in [0.4, 0.5) is 11.5 Å². The third-order valence-electron chi connectivity index (χ3n) is 3.46. The zero-order valence-electron chi connectivity index (χ0n) is 11.7. The zero-order valence-corrected chi connectivity index (χ0v) is 11.7. The molecule has 1 aliphatic rings. The van der Waals surface area contributed by atoms with Crippen molar-refractivity contribution < 1.29 is 4.74 Å². The predicted molar refractivity (Wildman–Crippen MR) is 78.4 cm³/mol. The molecule has 2 rings (SSSR count).